The zero-order chi connectivity index (χ0) is 39.8. The first-order valence-corrected chi connectivity index (χ1v) is 19.2. The summed E-state index contributed by atoms with van der Waals surface area (Å²) in [5, 5.41) is 20.6. The maximum Gasteiger partial charge on any atom is 0.292 e. The molecule has 2 aliphatic rings. The first-order valence-electron chi connectivity index (χ1n) is 19.2. The summed E-state index contributed by atoms with van der Waals surface area (Å²) in [6, 6.07) is 16.9. The van der Waals surface area contributed by atoms with E-state index in [0.717, 1.165) is 85.2 Å². The third-order valence-electron chi connectivity index (χ3n) is 10.6. The number of carbonyl (C=O) groups is 4. The second-order valence-corrected chi connectivity index (χ2v) is 15.6. The van der Waals surface area contributed by atoms with Gasteiger partial charge in [-0.1, -0.05) is 62.3 Å². The molecule has 14 nitrogen and oxygen atoms in total. The standard InChI is InChI=1S/C41H48N8O4.CH2O2/c1-26-21-31(12-13-32(26)23-42-39(52)37-46-40(53-47-37)41(2,3)4)36-34-22-27(24-49(34)44-25-43-36)7-5-6-18-48-19-16-29(17-20-48)28-8-10-30(11-9-28)33-14-15-35(50)45-38(33)51;2-1-3/h8-13,21-22,24-25,29,33H,5-7,14-20,23H2,1-4H3,(H,42,52)(H,45,50,51);1H,(H,2,3). The van der Waals surface area contributed by atoms with Gasteiger partial charge in [0.05, 0.1) is 17.1 Å². The van der Waals surface area contributed by atoms with Crippen molar-refractivity contribution in [3.05, 3.63) is 101 Å². The van der Waals surface area contributed by atoms with Gasteiger partial charge < -0.3 is 19.8 Å². The van der Waals surface area contributed by atoms with Crippen molar-refractivity contribution in [2.75, 3.05) is 19.6 Å². The highest BCUT2D eigenvalue weighted by molar-refractivity contribution is 6.00. The Bertz CT molecular complexity index is 2160. The predicted octanol–water partition coefficient (Wildman–Crippen LogP) is 5.74. The van der Waals surface area contributed by atoms with Crippen molar-refractivity contribution in [3.63, 3.8) is 0 Å². The molecule has 2 aromatic carbocycles. The van der Waals surface area contributed by atoms with Crippen molar-refractivity contribution < 1.29 is 28.8 Å². The molecule has 0 radical (unpaired) electrons. The van der Waals surface area contributed by atoms with Gasteiger partial charge in [0.1, 0.15) is 6.33 Å². The third kappa shape index (κ3) is 9.72. The van der Waals surface area contributed by atoms with Gasteiger partial charge in [0, 0.05) is 30.1 Å². The molecule has 0 saturated carbocycles. The SMILES string of the molecule is Cc1cc(-c2ncnn3cc(CCCCN4CCC(c5ccc(C6CCC(=O)NC6=O)cc5)CC4)cc23)ccc1CNC(=O)c1noc(C(C)(C)C)n1.O=CO. The number of amides is 3. The summed E-state index contributed by atoms with van der Waals surface area (Å²) in [5.41, 5.74) is 8.14. The molecule has 5 aromatic rings. The molecule has 1 atom stereocenters. The zero-order valence-electron chi connectivity index (χ0n) is 32.5. The number of unbranched alkanes of at least 4 members (excludes halogenated alkanes) is 1. The van der Waals surface area contributed by atoms with Gasteiger partial charge in [-0.2, -0.15) is 10.1 Å². The second-order valence-electron chi connectivity index (χ2n) is 15.6. The number of imide groups is 1. The summed E-state index contributed by atoms with van der Waals surface area (Å²) >= 11 is 0. The minimum atomic E-state index is -0.372. The molecular weight excluding hydrogens is 713 g/mol. The van der Waals surface area contributed by atoms with E-state index in [1.165, 1.54) is 11.1 Å². The number of piperidine rings is 2. The van der Waals surface area contributed by atoms with Gasteiger partial charge in [-0.15, -0.1) is 0 Å². The summed E-state index contributed by atoms with van der Waals surface area (Å²) < 4.78 is 7.18. The minimum absolute atomic E-state index is 0.0332. The van der Waals surface area contributed by atoms with Gasteiger partial charge in [-0.25, -0.2) is 9.50 Å². The Morgan fingerprint density at radius 2 is 1.77 bits per heavy atom. The van der Waals surface area contributed by atoms with Gasteiger partial charge in [0.15, 0.2) is 0 Å². The number of carboxylic acid groups (broad SMARTS) is 1. The molecule has 2 saturated heterocycles. The molecule has 294 valence electrons. The van der Waals surface area contributed by atoms with E-state index in [9.17, 15) is 14.4 Å². The number of aryl methyl sites for hydroxylation is 2. The van der Waals surface area contributed by atoms with E-state index in [4.69, 9.17) is 14.4 Å². The van der Waals surface area contributed by atoms with Crippen LogP contribution in [0, 0.1) is 6.92 Å². The van der Waals surface area contributed by atoms with E-state index in [1.807, 2.05) is 44.3 Å². The molecule has 3 aromatic heterocycles. The van der Waals surface area contributed by atoms with Crippen LogP contribution in [0.1, 0.15) is 115 Å². The number of rotatable bonds is 11. The van der Waals surface area contributed by atoms with E-state index < -0.39 is 0 Å². The van der Waals surface area contributed by atoms with Crippen LogP contribution in [0.2, 0.25) is 0 Å². The number of aromatic nitrogens is 5. The first-order chi connectivity index (χ1) is 26.9. The number of hydrogen-bond donors (Lipinski definition) is 3. The van der Waals surface area contributed by atoms with E-state index in [0.29, 0.717) is 31.2 Å². The maximum absolute atomic E-state index is 12.7. The van der Waals surface area contributed by atoms with Crippen molar-refractivity contribution in [1.82, 2.24) is 40.3 Å². The summed E-state index contributed by atoms with van der Waals surface area (Å²) in [5.74, 6) is 0.0442. The molecular formula is C42H50N8O6. The fourth-order valence-corrected chi connectivity index (χ4v) is 7.43. The Morgan fingerprint density at radius 1 is 1.04 bits per heavy atom. The molecule has 0 spiro atoms. The van der Waals surface area contributed by atoms with Gasteiger partial charge in [-0.3, -0.25) is 24.5 Å². The lowest BCUT2D eigenvalue weighted by Crippen LogP contribution is -2.39. The van der Waals surface area contributed by atoms with Crippen LogP contribution in [0.25, 0.3) is 16.8 Å². The van der Waals surface area contributed by atoms with Crippen LogP contribution >= 0.6 is 0 Å². The van der Waals surface area contributed by atoms with Crippen LogP contribution in [0.3, 0.4) is 0 Å². The van der Waals surface area contributed by atoms with Crippen LogP contribution in [-0.4, -0.2) is 78.6 Å². The normalized spacial score (nSPS) is 16.6. The van der Waals surface area contributed by atoms with Crippen molar-refractivity contribution >= 4 is 29.7 Å². The molecule has 7 rings (SSSR count). The van der Waals surface area contributed by atoms with Crippen LogP contribution in [0.4, 0.5) is 0 Å². The molecule has 5 heterocycles. The van der Waals surface area contributed by atoms with Crippen LogP contribution in [0.5, 0.6) is 0 Å². The average molecular weight is 763 g/mol. The molecule has 56 heavy (non-hydrogen) atoms. The number of benzene rings is 2. The van der Waals surface area contributed by atoms with Crippen LogP contribution < -0.4 is 10.6 Å². The summed E-state index contributed by atoms with van der Waals surface area (Å²) in [6.07, 6.45) is 10.2. The fraction of sp³-hybridized carbons (Fsp3) is 0.429. The Kier molecular flexibility index (Phi) is 12.7. The molecule has 14 heteroatoms. The van der Waals surface area contributed by atoms with E-state index in [1.54, 1.807) is 6.33 Å². The first kappa shape index (κ1) is 39.9. The van der Waals surface area contributed by atoms with Crippen LogP contribution in [-0.2, 0) is 32.8 Å². The quantitative estimate of drug-likeness (QED) is 0.0847. The second kappa shape index (κ2) is 17.8. The lowest BCUT2D eigenvalue weighted by molar-refractivity contribution is -0.134. The van der Waals surface area contributed by atoms with Gasteiger partial charge in [0.25, 0.3) is 18.2 Å². The third-order valence-corrected chi connectivity index (χ3v) is 10.6. The van der Waals surface area contributed by atoms with Gasteiger partial charge in [-0.05, 0) is 111 Å². The molecule has 2 aliphatic heterocycles. The summed E-state index contributed by atoms with van der Waals surface area (Å²) in [4.78, 5) is 56.3. The Hall–Kier alpha value is -5.76. The van der Waals surface area contributed by atoms with Crippen molar-refractivity contribution in [1.29, 1.82) is 0 Å². The topological polar surface area (TPSA) is 185 Å². The highest BCUT2D eigenvalue weighted by atomic mass is 16.5. The highest BCUT2D eigenvalue weighted by Crippen LogP contribution is 2.32. The lowest BCUT2D eigenvalue weighted by atomic mass is 9.86. The number of likely N-dealkylation sites (tertiary alicyclic amines) is 1. The summed E-state index contributed by atoms with van der Waals surface area (Å²) in [6.45, 7) is 11.3. The molecule has 0 bridgehead atoms. The number of carbonyl (C=O) groups excluding carboxylic acids is 3. The van der Waals surface area contributed by atoms with E-state index >= 15 is 0 Å². The highest BCUT2D eigenvalue weighted by Gasteiger charge is 2.29. The molecule has 1 unspecified atom stereocenters. The van der Waals surface area contributed by atoms with Crippen molar-refractivity contribution in [2.24, 2.45) is 0 Å². The number of nitrogens with one attached hydrogen (secondary N) is 2. The minimum Gasteiger partial charge on any atom is -0.483 e. The van der Waals surface area contributed by atoms with Crippen molar-refractivity contribution in [2.45, 2.75) is 96.4 Å². The Labute approximate surface area is 326 Å². The van der Waals surface area contributed by atoms with E-state index in [2.05, 4.69) is 78.4 Å². The molecule has 2 fully saturated rings. The van der Waals surface area contributed by atoms with Gasteiger partial charge >= 0.3 is 0 Å². The monoisotopic (exact) mass is 762 g/mol. The predicted molar refractivity (Wildman–Crippen MR) is 209 cm³/mol. The Morgan fingerprint density at radius 3 is 2.45 bits per heavy atom. The smallest absolute Gasteiger partial charge is 0.292 e. The van der Waals surface area contributed by atoms with E-state index in [-0.39, 0.29) is 41.4 Å². The lowest BCUT2D eigenvalue weighted by Gasteiger charge is -2.32. The summed E-state index contributed by atoms with van der Waals surface area (Å²) in [7, 11) is 0. The zero-order valence-corrected chi connectivity index (χ0v) is 32.5. The number of fused-ring (bicyclic) bond motifs is 1. The van der Waals surface area contributed by atoms with Crippen molar-refractivity contribution in [3.8, 4) is 11.3 Å². The molecule has 3 N–H and O–H groups in total. The fourth-order valence-electron chi connectivity index (χ4n) is 7.43. The average Bonchev–Trinajstić information content (AvgIpc) is 3.85. The molecule has 0 aliphatic carbocycles. The largest absolute Gasteiger partial charge is 0.483 e. The maximum atomic E-state index is 12.7. The number of hydrogen-bond acceptors (Lipinski definition) is 10. The van der Waals surface area contributed by atoms with Gasteiger partial charge in [0.2, 0.25) is 17.7 Å². The number of nitrogens with zero attached hydrogens (tertiary/aromatic N) is 6. The Balaban J connectivity index is 0.00000172. The van der Waals surface area contributed by atoms with Crippen LogP contribution in [0.15, 0.2) is 65.6 Å². The molecule has 3 amide bonds.